The zero-order valence-corrected chi connectivity index (χ0v) is 14.3. The van der Waals surface area contributed by atoms with Crippen LogP contribution in [0.4, 0.5) is 4.39 Å². The summed E-state index contributed by atoms with van der Waals surface area (Å²) in [5, 5.41) is 0. The summed E-state index contributed by atoms with van der Waals surface area (Å²) < 4.78 is 15.1. The zero-order chi connectivity index (χ0) is 17.8. The number of carbonyl (C=O) groups excluding carboxylic acids is 2. The molecule has 5 nitrogen and oxygen atoms in total. The van der Waals surface area contributed by atoms with E-state index in [9.17, 15) is 14.0 Å². The number of rotatable bonds is 4. The second kappa shape index (κ2) is 7.51. The van der Waals surface area contributed by atoms with E-state index in [2.05, 4.69) is 0 Å². The lowest BCUT2D eigenvalue weighted by Gasteiger charge is -2.35. The smallest absolute Gasteiger partial charge is 0.227 e. The van der Waals surface area contributed by atoms with Gasteiger partial charge < -0.3 is 14.4 Å². The van der Waals surface area contributed by atoms with Crippen LogP contribution in [0.25, 0.3) is 0 Å². The van der Waals surface area contributed by atoms with Crippen LogP contribution in [-0.2, 0) is 29.5 Å². The first kappa shape index (κ1) is 17.2. The highest BCUT2D eigenvalue weighted by molar-refractivity contribution is 5.81. The molecule has 0 atom stereocenters. The van der Waals surface area contributed by atoms with Crippen molar-refractivity contribution in [2.75, 3.05) is 26.2 Å². The van der Waals surface area contributed by atoms with Crippen molar-refractivity contribution in [3.8, 4) is 0 Å². The molecule has 1 aromatic carbocycles. The van der Waals surface area contributed by atoms with Crippen LogP contribution in [0.15, 0.2) is 42.7 Å². The Morgan fingerprint density at radius 1 is 0.960 bits per heavy atom. The molecule has 0 radical (unpaired) electrons. The van der Waals surface area contributed by atoms with E-state index in [1.54, 1.807) is 21.9 Å². The fraction of sp³-hybridized carbons (Fsp3) is 0.368. The molecule has 1 aliphatic heterocycles. The zero-order valence-electron chi connectivity index (χ0n) is 14.3. The summed E-state index contributed by atoms with van der Waals surface area (Å²) >= 11 is 0. The van der Waals surface area contributed by atoms with Crippen LogP contribution in [0.2, 0.25) is 0 Å². The van der Waals surface area contributed by atoms with Gasteiger partial charge in [-0.3, -0.25) is 9.59 Å². The van der Waals surface area contributed by atoms with Gasteiger partial charge in [0.1, 0.15) is 5.82 Å². The Hall–Kier alpha value is -2.63. The molecule has 2 amide bonds. The van der Waals surface area contributed by atoms with E-state index in [1.165, 1.54) is 12.1 Å². The molecule has 6 heteroatoms. The van der Waals surface area contributed by atoms with Crippen LogP contribution in [0, 0.1) is 5.82 Å². The molecule has 0 bridgehead atoms. The number of carbonyl (C=O) groups is 2. The van der Waals surface area contributed by atoms with E-state index < -0.39 is 0 Å². The van der Waals surface area contributed by atoms with Gasteiger partial charge in [0.25, 0.3) is 0 Å². The Bertz CT molecular complexity index is 764. The number of aromatic nitrogens is 1. The third-order valence-corrected chi connectivity index (χ3v) is 4.48. The topological polar surface area (TPSA) is 45.6 Å². The lowest BCUT2D eigenvalue weighted by molar-refractivity contribution is -0.138. The maximum atomic E-state index is 13.2. The second-order valence-electron chi connectivity index (χ2n) is 6.43. The normalized spacial score (nSPS) is 14.6. The second-order valence-corrected chi connectivity index (χ2v) is 6.43. The fourth-order valence-corrected chi connectivity index (χ4v) is 3.09. The summed E-state index contributed by atoms with van der Waals surface area (Å²) in [7, 11) is 1.93. The summed E-state index contributed by atoms with van der Waals surface area (Å²) in [4.78, 5) is 28.3. The van der Waals surface area contributed by atoms with Crippen molar-refractivity contribution in [1.82, 2.24) is 14.4 Å². The van der Waals surface area contributed by atoms with Gasteiger partial charge in [-0.25, -0.2) is 4.39 Å². The van der Waals surface area contributed by atoms with E-state index >= 15 is 0 Å². The Kier molecular flexibility index (Phi) is 5.16. The molecule has 1 aliphatic rings. The highest BCUT2D eigenvalue weighted by Crippen LogP contribution is 2.10. The van der Waals surface area contributed by atoms with Crippen molar-refractivity contribution in [2.24, 2.45) is 7.05 Å². The first-order valence-corrected chi connectivity index (χ1v) is 8.42. The molecule has 0 spiro atoms. The van der Waals surface area contributed by atoms with Crippen LogP contribution in [-0.4, -0.2) is 52.4 Å². The van der Waals surface area contributed by atoms with Gasteiger partial charge in [0.15, 0.2) is 0 Å². The highest BCUT2D eigenvalue weighted by atomic mass is 19.1. The van der Waals surface area contributed by atoms with Crippen LogP contribution < -0.4 is 0 Å². The number of amides is 2. The number of hydrogen-bond donors (Lipinski definition) is 0. The number of aryl methyl sites for hydroxylation is 1. The van der Waals surface area contributed by atoms with Gasteiger partial charge in [0.05, 0.1) is 12.8 Å². The van der Waals surface area contributed by atoms with E-state index in [0.717, 1.165) is 5.56 Å². The van der Waals surface area contributed by atoms with Crippen molar-refractivity contribution in [3.63, 3.8) is 0 Å². The average Bonchev–Trinajstić information content (AvgIpc) is 3.00. The van der Waals surface area contributed by atoms with E-state index in [0.29, 0.717) is 38.2 Å². The number of halogens is 1. The summed E-state index contributed by atoms with van der Waals surface area (Å²) in [5.74, 6) is -0.272. The monoisotopic (exact) mass is 343 g/mol. The van der Waals surface area contributed by atoms with Gasteiger partial charge in [0.2, 0.25) is 11.8 Å². The molecule has 0 N–H and O–H groups in total. The minimum absolute atomic E-state index is 0.0271. The lowest BCUT2D eigenvalue weighted by Crippen LogP contribution is -2.51. The molecule has 3 rings (SSSR count). The summed E-state index contributed by atoms with van der Waals surface area (Å²) in [5.41, 5.74) is 1.67. The Labute approximate surface area is 146 Å². The third kappa shape index (κ3) is 4.47. The van der Waals surface area contributed by atoms with Crippen molar-refractivity contribution in [1.29, 1.82) is 0 Å². The minimum atomic E-state index is -0.332. The van der Waals surface area contributed by atoms with Gasteiger partial charge in [0, 0.05) is 45.6 Å². The van der Waals surface area contributed by atoms with Crippen LogP contribution in [0.5, 0.6) is 0 Å². The standard InChI is InChI=1S/C19H22FN3O2/c1-21-6-5-16(14-21)13-19(25)23-9-7-22(8-10-23)18(24)12-15-3-2-4-17(20)11-15/h2-6,11,14H,7-10,12-13H2,1H3. The molecule has 2 heterocycles. The van der Waals surface area contributed by atoms with Crippen LogP contribution >= 0.6 is 0 Å². The third-order valence-electron chi connectivity index (χ3n) is 4.48. The average molecular weight is 343 g/mol. The highest BCUT2D eigenvalue weighted by Gasteiger charge is 2.24. The molecule has 0 aliphatic carbocycles. The number of benzene rings is 1. The predicted molar refractivity (Wildman–Crippen MR) is 92.4 cm³/mol. The molecule has 0 unspecified atom stereocenters. The molecule has 25 heavy (non-hydrogen) atoms. The Morgan fingerprint density at radius 2 is 1.56 bits per heavy atom. The molecular formula is C19H22FN3O2. The van der Waals surface area contributed by atoms with Crippen LogP contribution in [0.1, 0.15) is 11.1 Å². The largest absolute Gasteiger partial charge is 0.357 e. The summed E-state index contributed by atoms with van der Waals surface area (Å²) in [6.45, 7) is 2.13. The SMILES string of the molecule is Cn1ccc(CC(=O)N2CCN(C(=O)Cc3cccc(F)c3)CC2)c1. The van der Waals surface area contributed by atoms with Gasteiger partial charge in [-0.15, -0.1) is 0 Å². The fourth-order valence-electron chi connectivity index (χ4n) is 3.09. The molecule has 1 saturated heterocycles. The van der Waals surface area contributed by atoms with E-state index in [1.807, 2.05) is 30.1 Å². The summed E-state index contributed by atoms with van der Waals surface area (Å²) in [6, 6.07) is 8.05. The predicted octanol–water partition coefficient (Wildman–Crippen LogP) is 1.62. The van der Waals surface area contributed by atoms with Gasteiger partial charge in [-0.2, -0.15) is 0 Å². The van der Waals surface area contributed by atoms with Gasteiger partial charge in [-0.1, -0.05) is 12.1 Å². The van der Waals surface area contributed by atoms with E-state index in [-0.39, 0.29) is 24.1 Å². The van der Waals surface area contributed by atoms with Crippen molar-refractivity contribution < 1.29 is 14.0 Å². The van der Waals surface area contributed by atoms with Gasteiger partial charge >= 0.3 is 0 Å². The summed E-state index contributed by atoms with van der Waals surface area (Å²) in [6.07, 6.45) is 4.44. The number of nitrogens with zero attached hydrogens (tertiary/aromatic N) is 3. The molecular weight excluding hydrogens is 321 g/mol. The van der Waals surface area contributed by atoms with Crippen molar-refractivity contribution in [2.45, 2.75) is 12.8 Å². The quantitative estimate of drug-likeness (QED) is 0.847. The first-order chi connectivity index (χ1) is 12.0. The Morgan fingerprint density at radius 3 is 2.08 bits per heavy atom. The Balaban J connectivity index is 1.49. The molecule has 1 aromatic heterocycles. The first-order valence-electron chi connectivity index (χ1n) is 8.42. The molecule has 1 fully saturated rings. The van der Waals surface area contributed by atoms with Crippen LogP contribution in [0.3, 0.4) is 0 Å². The number of piperazine rings is 1. The minimum Gasteiger partial charge on any atom is -0.357 e. The van der Waals surface area contributed by atoms with E-state index in [4.69, 9.17) is 0 Å². The molecule has 132 valence electrons. The molecule has 2 aromatic rings. The van der Waals surface area contributed by atoms with Gasteiger partial charge in [-0.05, 0) is 29.3 Å². The maximum absolute atomic E-state index is 13.2. The molecule has 0 saturated carbocycles. The van der Waals surface area contributed by atoms with Crippen molar-refractivity contribution in [3.05, 3.63) is 59.7 Å². The lowest BCUT2D eigenvalue weighted by atomic mass is 10.1. The van der Waals surface area contributed by atoms with Crippen molar-refractivity contribution >= 4 is 11.8 Å². The maximum Gasteiger partial charge on any atom is 0.227 e. The number of hydrogen-bond acceptors (Lipinski definition) is 2.